The van der Waals surface area contributed by atoms with Crippen LogP contribution < -0.4 is 10.6 Å². The standard InChI is InChI=1S/C14H20BrN3O/c1-9(2)12-4-3-7-18(12)13-6-5-10(8-11(13)15)14(16)17-19/h5-6,8-9,12,19H,3-4,7H2,1-2H3,(H2,16,17). The molecule has 1 atom stereocenters. The molecule has 0 aromatic heterocycles. The molecule has 1 saturated heterocycles. The number of anilines is 1. The van der Waals surface area contributed by atoms with E-state index in [4.69, 9.17) is 10.9 Å². The summed E-state index contributed by atoms with van der Waals surface area (Å²) >= 11 is 3.60. The predicted molar refractivity (Wildman–Crippen MR) is 81.9 cm³/mol. The molecule has 19 heavy (non-hydrogen) atoms. The van der Waals surface area contributed by atoms with E-state index in [1.807, 2.05) is 18.2 Å². The number of rotatable bonds is 3. The number of nitrogens with two attached hydrogens (primary N) is 1. The van der Waals surface area contributed by atoms with Crippen molar-refractivity contribution >= 4 is 27.5 Å². The molecule has 1 aliphatic rings. The smallest absolute Gasteiger partial charge is 0.170 e. The van der Waals surface area contributed by atoms with Crippen molar-refractivity contribution in [1.29, 1.82) is 0 Å². The van der Waals surface area contributed by atoms with Gasteiger partial charge in [-0.15, -0.1) is 0 Å². The van der Waals surface area contributed by atoms with E-state index in [9.17, 15) is 0 Å². The first kappa shape index (κ1) is 14.2. The fourth-order valence-corrected chi connectivity index (χ4v) is 3.35. The topological polar surface area (TPSA) is 61.8 Å². The number of nitrogens with zero attached hydrogens (tertiary/aromatic N) is 2. The van der Waals surface area contributed by atoms with E-state index < -0.39 is 0 Å². The minimum atomic E-state index is 0.133. The van der Waals surface area contributed by atoms with Gasteiger partial charge in [-0.25, -0.2) is 0 Å². The molecule has 2 rings (SSSR count). The molecular weight excluding hydrogens is 306 g/mol. The summed E-state index contributed by atoms with van der Waals surface area (Å²) in [6.45, 7) is 5.62. The van der Waals surface area contributed by atoms with Gasteiger partial charge in [-0.3, -0.25) is 0 Å². The van der Waals surface area contributed by atoms with Gasteiger partial charge in [0.15, 0.2) is 5.84 Å². The van der Waals surface area contributed by atoms with Crippen LogP contribution in [0.25, 0.3) is 0 Å². The van der Waals surface area contributed by atoms with Crippen LogP contribution in [-0.2, 0) is 0 Å². The van der Waals surface area contributed by atoms with Crippen LogP contribution in [0, 0.1) is 5.92 Å². The highest BCUT2D eigenvalue weighted by atomic mass is 79.9. The van der Waals surface area contributed by atoms with Gasteiger partial charge in [0.25, 0.3) is 0 Å². The molecule has 0 radical (unpaired) electrons. The average molecular weight is 326 g/mol. The second kappa shape index (κ2) is 5.82. The number of amidine groups is 1. The molecule has 1 fully saturated rings. The van der Waals surface area contributed by atoms with Crippen LogP contribution in [0.5, 0.6) is 0 Å². The van der Waals surface area contributed by atoms with Crippen LogP contribution >= 0.6 is 15.9 Å². The fourth-order valence-electron chi connectivity index (χ4n) is 2.74. The van der Waals surface area contributed by atoms with Gasteiger partial charge >= 0.3 is 0 Å². The number of halogens is 1. The Morgan fingerprint density at radius 2 is 2.26 bits per heavy atom. The van der Waals surface area contributed by atoms with Crippen molar-refractivity contribution in [2.24, 2.45) is 16.8 Å². The summed E-state index contributed by atoms with van der Waals surface area (Å²) in [5.41, 5.74) is 7.51. The maximum absolute atomic E-state index is 8.71. The molecule has 3 N–H and O–H groups in total. The Labute approximate surface area is 122 Å². The van der Waals surface area contributed by atoms with Crippen LogP contribution in [0.1, 0.15) is 32.3 Å². The third-order valence-electron chi connectivity index (χ3n) is 3.73. The molecule has 5 heteroatoms. The third-order valence-corrected chi connectivity index (χ3v) is 4.36. The number of hydrogen-bond acceptors (Lipinski definition) is 3. The molecule has 0 spiro atoms. The zero-order valence-corrected chi connectivity index (χ0v) is 12.9. The monoisotopic (exact) mass is 325 g/mol. The Kier molecular flexibility index (Phi) is 4.34. The first-order valence-corrected chi connectivity index (χ1v) is 7.38. The number of benzene rings is 1. The van der Waals surface area contributed by atoms with Crippen molar-refractivity contribution in [3.05, 3.63) is 28.2 Å². The Morgan fingerprint density at radius 1 is 1.53 bits per heavy atom. The SMILES string of the molecule is CC(C)C1CCCN1c1ccc(/C(N)=N/O)cc1Br. The summed E-state index contributed by atoms with van der Waals surface area (Å²) in [5.74, 6) is 0.771. The van der Waals surface area contributed by atoms with Crippen molar-refractivity contribution in [1.82, 2.24) is 0 Å². The van der Waals surface area contributed by atoms with Crippen molar-refractivity contribution in [2.45, 2.75) is 32.7 Å². The number of oxime groups is 1. The van der Waals surface area contributed by atoms with Crippen LogP contribution in [0.2, 0.25) is 0 Å². The van der Waals surface area contributed by atoms with Crippen LogP contribution in [0.4, 0.5) is 5.69 Å². The first-order valence-electron chi connectivity index (χ1n) is 6.58. The summed E-state index contributed by atoms with van der Waals surface area (Å²) in [7, 11) is 0. The van der Waals surface area contributed by atoms with Gasteiger partial charge in [-0.05, 0) is 52.9 Å². The molecule has 1 unspecified atom stereocenters. The van der Waals surface area contributed by atoms with Crippen molar-refractivity contribution in [3.8, 4) is 0 Å². The summed E-state index contributed by atoms with van der Waals surface area (Å²) in [4.78, 5) is 2.45. The lowest BCUT2D eigenvalue weighted by Gasteiger charge is -2.30. The second-order valence-electron chi connectivity index (χ2n) is 5.30. The highest BCUT2D eigenvalue weighted by molar-refractivity contribution is 9.10. The quantitative estimate of drug-likeness (QED) is 0.388. The molecule has 1 aromatic carbocycles. The van der Waals surface area contributed by atoms with Crippen molar-refractivity contribution in [3.63, 3.8) is 0 Å². The van der Waals surface area contributed by atoms with Gasteiger partial charge in [0.2, 0.25) is 0 Å². The molecule has 1 aliphatic heterocycles. The fraction of sp³-hybridized carbons (Fsp3) is 0.500. The van der Waals surface area contributed by atoms with Gasteiger partial charge in [0, 0.05) is 22.6 Å². The van der Waals surface area contributed by atoms with E-state index in [2.05, 4.69) is 39.8 Å². The lowest BCUT2D eigenvalue weighted by Crippen LogP contribution is -2.33. The Balaban J connectivity index is 2.31. The minimum absolute atomic E-state index is 0.133. The maximum atomic E-state index is 8.71. The minimum Gasteiger partial charge on any atom is -0.409 e. The van der Waals surface area contributed by atoms with E-state index in [0.717, 1.165) is 16.6 Å². The van der Waals surface area contributed by atoms with E-state index in [-0.39, 0.29) is 5.84 Å². The van der Waals surface area contributed by atoms with Crippen LogP contribution in [0.15, 0.2) is 27.8 Å². The molecule has 104 valence electrons. The van der Waals surface area contributed by atoms with E-state index in [1.165, 1.54) is 18.5 Å². The number of hydrogen-bond donors (Lipinski definition) is 2. The molecular formula is C14H20BrN3O. The molecule has 1 heterocycles. The molecule has 0 amide bonds. The van der Waals surface area contributed by atoms with Gasteiger partial charge in [0.1, 0.15) is 0 Å². The van der Waals surface area contributed by atoms with Crippen LogP contribution in [0.3, 0.4) is 0 Å². The molecule has 0 aliphatic carbocycles. The zero-order valence-electron chi connectivity index (χ0n) is 11.3. The highest BCUT2D eigenvalue weighted by Gasteiger charge is 2.28. The lowest BCUT2D eigenvalue weighted by molar-refractivity contribution is 0.318. The van der Waals surface area contributed by atoms with Gasteiger partial charge in [-0.1, -0.05) is 19.0 Å². The summed E-state index contributed by atoms with van der Waals surface area (Å²) in [6.07, 6.45) is 2.48. The summed E-state index contributed by atoms with van der Waals surface area (Å²) in [5, 5.41) is 11.7. The summed E-state index contributed by atoms with van der Waals surface area (Å²) < 4.78 is 0.990. The van der Waals surface area contributed by atoms with Crippen molar-refractivity contribution < 1.29 is 5.21 Å². The lowest BCUT2D eigenvalue weighted by atomic mass is 10.0. The predicted octanol–water partition coefficient (Wildman–Crippen LogP) is 3.17. The maximum Gasteiger partial charge on any atom is 0.170 e. The van der Waals surface area contributed by atoms with Gasteiger partial charge < -0.3 is 15.8 Å². The Morgan fingerprint density at radius 3 is 2.84 bits per heavy atom. The van der Waals surface area contributed by atoms with E-state index in [0.29, 0.717) is 12.0 Å². The Hall–Kier alpha value is -1.23. The summed E-state index contributed by atoms with van der Waals surface area (Å²) in [6, 6.07) is 6.43. The van der Waals surface area contributed by atoms with Crippen LogP contribution in [-0.4, -0.2) is 23.6 Å². The van der Waals surface area contributed by atoms with E-state index in [1.54, 1.807) is 0 Å². The highest BCUT2D eigenvalue weighted by Crippen LogP contribution is 2.35. The largest absolute Gasteiger partial charge is 0.409 e. The van der Waals surface area contributed by atoms with Crippen molar-refractivity contribution in [2.75, 3.05) is 11.4 Å². The third kappa shape index (κ3) is 2.86. The molecule has 0 bridgehead atoms. The second-order valence-corrected chi connectivity index (χ2v) is 6.15. The van der Waals surface area contributed by atoms with E-state index >= 15 is 0 Å². The normalized spacial score (nSPS) is 20.3. The molecule has 1 aromatic rings. The van der Waals surface area contributed by atoms with Gasteiger partial charge in [-0.2, -0.15) is 0 Å². The van der Waals surface area contributed by atoms with Gasteiger partial charge in [0.05, 0.1) is 5.69 Å². The molecule has 0 saturated carbocycles. The molecule has 4 nitrogen and oxygen atoms in total. The Bertz CT molecular complexity index is 488. The first-order chi connectivity index (χ1) is 9.04. The zero-order chi connectivity index (χ0) is 14.0. The average Bonchev–Trinajstić information content (AvgIpc) is 2.86.